The van der Waals surface area contributed by atoms with Gasteiger partial charge in [-0.3, -0.25) is 0 Å². The SMILES string of the molecule is c1ccc(-c2cc(-c3cc(-c4cncnc4)cc(-c4cc5ccccc5c5ccccc45)c3)cc(-c3ccccc3)n2)cc1. The van der Waals surface area contributed by atoms with Gasteiger partial charge in [-0.1, -0.05) is 109 Å². The van der Waals surface area contributed by atoms with E-state index in [0.29, 0.717) is 0 Å². The lowest BCUT2D eigenvalue weighted by atomic mass is 9.89. The third kappa shape index (κ3) is 4.81. The molecule has 8 rings (SSSR count). The molecule has 0 radical (unpaired) electrons. The summed E-state index contributed by atoms with van der Waals surface area (Å²) < 4.78 is 0. The maximum atomic E-state index is 5.12. The monoisotopic (exact) mass is 561 g/mol. The highest BCUT2D eigenvalue weighted by molar-refractivity contribution is 6.14. The van der Waals surface area contributed by atoms with Crippen LogP contribution in [-0.2, 0) is 0 Å². The molecule has 0 saturated heterocycles. The van der Waals surface area contributed by atoms with Gasteiger partial charge in [-0.2, -0.15) is 0 Å². The average Bonchev–Trinajstić information content (AvgIpc) is 3.12. The second-order valence-corrected chi connectivity index (χ2v) is 11.0. The fraction of sp³-hybridized carbons (Fsp3) is 0. The summed E-state index contributed by atoms with van der Waals surface area (Å²) >= 11 is 0. The molecule has 0 N–H and O–H groups in total. The van der Waals surface area contributed by atoms with E-state index >= 15 is 0 Å². The lowest BCUT2D eigenvalue weighted by molar-refractivity contribution is 1.17. The maximum absolute atomic E-state index is 5.12. The zero-order chi connectivity index (χ0) is 29.3. The molecule has 0 aliphatic carbocycles. The van der Waals surface area contributed by atoms with Gasteiger partial charge in [0.25, 0.3) is 0 Å². The zero-order valence-corrected chi connectivity index (χ0v) is 23.9. The van der Waals surface area contributed by atoms with Crippen LogP contribution < -0.4 is 0 Å². The first kappa shape index (κ1) is 25.8. The number of benzene rings is 6. The number of aromatic nitrogens is 3. The number of nitrogens with zero attached hydrogens (tertiary/aromatic N) is 3. The van der Waals surface area contributed by atoms with Crippen molar-refractivity contribution in [2.24, 2.45) is 0 Å². The third-order valence-corrected chi connectivity index (χ3v) is 8.20. The van der Waals surface area contributed by atoms with Crippen LogP contribution >= 0.6 is 0 Å². The molecule has 206 valence electrons. The minimum atomic E-state index is 0.938. The normalized spacial score (nSPS) is 11.2. The van der Waals surface area contributed by atoms with Crippen molar-refractivity contribution < 1.29 is 0 Å². The van der Waals surface area contributed by atoms with Crippen molar-refractivity contribution in [3.63, 3.8) is 0 Å². The molecule has 2 heterocycles. The lowest BCUT2D eigenvalue weighted by Gasteiger charge is -2.16. The van der Waals surface area contributed by atoms with Gasteiger partial charge in [-0.05, 0) is 85.8 Å². The second-order valence-electron chi connectivity index (χ2n) is 11.0. The average molecular weight is 562 g/mol. The molecular weight excluding hydrogens is 534 g/mol. The van der Waals surface area contributed by atoms with Crippen molar-refractivity contribution in [1.29, 1.82) is 0 Å². The van der Waals surface area contributed by atoms with Gasteiger partial charge >= 0.3 is 0 Å². The van der Waals surface area contributed by atoms with Gasteiger partial charge in [0, 0.05) is 29.1 Å². The van der Waals surface area contributed by atoms with Crippen LogP contribution in [0.15, 0.2) is 164 Å². The molecule has 3 nitrogen and oxygen atoms in total. The Morgan fingerprint density at radius 1 is 0.341 bits per heavy atom. The molecule has 6 aromatic carbocycles. The quantitative estimate of drug-likeness (QED) is 0.196. The summed E-state index contributed by atoms with van der Waals surface area (Å²) in [5.41, 5.74) is 10.6. The van der Waals surface area contributed by atoms with Crippen LogP contribution in [0.5, 0.6) is 0 Å². The number of rotatable bonds is 5. The van der Waals surface area contributed by atoms with Crippen LogP contribution in [0, 0.1) is 0 Å². The molecule has 0 spiro atoms. The molecule has 8 aromatic rings. The van der Waals surface area contributed by atoms with Gasteiger partial charge in [0.15, 0.2) is 0 Å². The zero-order valence-electron chi connectivity index (χ0n) is 23.9. The summed E-state index contributed by atoms with van der Waals surface area (Å²) in [5.74, 6) is 0. The topological polar surface area (TPSA) is 38.7 Å². The number of hydrogen-bond donors (Lipinski definition) is 0. The first-order valence-corrected chi connectivity index (χ1v) is 14.7. The standard InChI is InChI=1S/C41H27N3/c1-3-11-28(12-4-1)40-23-33(24-41(44-40)29-13-5-2-6-14-29)31-19-32(35-25-42-27-43-26-35)21-34(20-31)39-22-30-15-7-8-16-36(30)37-17-9-10-18-38(37)39/h1-27H. The summed E-state index contributed by atoms with van der Waals surface area (Å²) in [5, 5.41) is 4.95. The minimum Gasteiger partial charge on any atom is -0.248 e. The van der Waals surface area contributed by atoms with Crippen molar-refractivity contribution in [3.05, 3.63) is 164 Å². The van der Waals surface area contributed by atoms with Gasteiger partial charge in [0.1, 0.15) is 6.33 Å². The Bertz CT molecular complexity index is 2200. The summed E-state index contributed by atoms with van der Waals surface area (Å²) in [6, 6.07) is 51.6. The highest BCUT2D eigenvalue weighted by atomic mass is 14.8. The van der Waals surface area contributed by atoms with Gasteiger partial charge in [-0.25, -0.2) is 15.0 Å². The highest BCUT2D eigenvalue weighted by Gasteiger charge is 2.14. The van der Waals surface area contributed by atoms with E-state index in [1.54, 1.807) is 6.33 Å². The van der Waals surface area contributed by atoms with Crippen molar-refractivity contribution in [2.75, 3.05) is 0 Å². The molecule has 2 aromatic heterocycles. The summed E-state index contributed by atoms with van der Waals surface area (Å²) in [7, 11) is 0. The Morgan fingerprint density at radius 3 is 1.50 bits per heavy atom. The van der Waals surface area contributed by atoms with E-state index in [-0.39, 0.29) is 0 Å². The molecular formula is C41H27N3. The second kappa shape index (κ2) is 11.0. The molecule has 0 amide bonds. The molecule has 0 bridgehead atoms. The predicted octanol–water partition coefficient (Wildman–Crippen LogP) is 10.5. The van der Waals surface area contributed by atoms with Crippen LogP contribution in [0.3, 0.4) is 0 Å². The van der Waals surface area contributed by atoms with Crippen LogP contribution in [0.25, 0.3) is 77.4 Å². The molecule has 0 unspecified atom stereocenters. The van der Waals surface area contributed by atoms with Crippen LogP contribution in [0.1, 0.15) is 0 Å². The van der Waals surface area contributed by atoms with Gasteiger partial charge < -0.3 is 0 Å². The minimum absolute atomic E-state index is 0.938. The maximum Gasteiger partial charge on any atom is 0.115 e. The lowest BCUT2D eigenvalue weighted by Crippen LogP contribution is -1.93. The molecule has 0 atom stereocenters. The van der Waals surface area contributed by atoms with Gasteiger partial charge in [-0.15, -0.1) is 0 Å². The van der Waals surface area contributed by atoms with Crippen molar-refractivity contribution in [1.82, 2.24) is 15.0 Å². The summed E-state index contributed by atoms with van der Waals surface area (Å²) in [6.45, 7) is 0. The van der Waals surface area contributed by atoms with Crippen molar-refractivity contribution >= 4 is 21.5 Å². The summed E-state index contributed by atoms with van der Waals surface area (Å²) in [4.78, 5) is 13.8. The smallest absolute Gasteiger partial charge is 0.115 e. The molecule has 0 saturated carbocycles. The first-order chi connectivity index (χ1) is 21.8. The van der Waals surface area contributed by atoms with Crippen LogP contribution in [-0.4, -0.2) is 15.0 Å². The van der Waals surface area contributed by atoms with Gasteiger partial charge in [0.2, 0.25) is 0 Å². The third-order valence-electron chi connectivity index (χ3n) is 8.20. The fourth-order valence-electron chi connectivity index (χ4n) is 6.07. The molecule has 0 aliphatic rings. The fourth-order valence-corrected chi connectivity index (χ4v) is 6.07. The molecule has 0 aliphatic heterocycles. The van der Waals surface area contributed by atoms with Crippen molar-refractivity contribution in [2.45, 2.75) is 0 Å². The largest absolute Gasteiger partial charge is 0.248 e. The Morgan fingerprint density at radius 2 is 0.841 bits per heavy atom. The first-order valence-electron chi connectivity index (χ1n) is 14.7. The van der Waals surface area contributed by atoms with E-state index in [0.717, 1.165) is 50.3 Å². The van der Waals surface area contributed by atoms with Crippen LogP contribution in [0.2, 0.25) is 0 Å². The van der Waals surface area contributed by atoms with Crippen LogP contribution in [0.4, 0.5) is 0 Å². The van der Waals surface area contributed by atoms with Gasteiger partial charge in [0.05, 0.1) is 11.4 Å². The van der Waals surface area contributed by atoms with E-state index in [4.69, 9.17) is 4.98 Å². The van der Waals surface area contributed by atoms with E-state index in [1.165, 1.54) is 27.1 Å². The number of hydrogen-bond acceptors (Lipinski definition) is 3. The van der Waals surface area contributed by atoms with E-state index in [2.05, 4.69) is 143 Å². The summed E-state index contributed by atoms with van der Waals surface area (Å²) in [6.07, 6.45) is 5.34. The highest BCUT2D eigenvalue weighted by Crippen LogP contribution is 2.40. The Hall–Kier alpha value is -5.93. The van der Waals surface area contributed by atoms with E-state index < -0.39 is 0 Å². The van der Waals surface area contributed by atoms with E-state index in [9.17, 15) is 0 Å². The van der Waals surface area contributed by atoms with E-state index in [1.807, 2.05) is 24.5 Å². The Kier molecular flexibility index (Phi) is 6.47. The predicted molar refractivity (Wildman–Crippen MR) is 182 cm³/mol. The van der Waals surface area contributed by atoms with Crippen molar-refractivity contribution in [3.8, 4) is 55.9 Å². The number of pyridine rings is 1. The molecule has 44 heavy (non-hydrogen) atoms. The molecule has 0 fully saturated rings. The Balaban J connectivity index is 1.41. The molecule has 3 heteroatoms. The Labute approximate surface area is 256 Å². The number of fused-ring (bicyclic) bond motifs is 3.